The molecule has 3 heterocycles. The average molecular weight is 352 g/mol. The predicted octanol–water partition coefficient (Wildman–Crippen LogP) is 3.34. The molecule has 0 bridgehead atoms. The monoisotopic (exact) mass is 351 g/mol. The summed E-state index contributed by atoms with van der Waals surface area (Å²) in [5.74, 6) is 1.09. The molecule has 0 atom stereocenters. The molecule has 8 heteroatoms. The first-order chi connectivity index (χ1) is 11.0. The Labute approximate surface area is 142 Å². The molecule has 2 N–H and O–H groups in total. The maximum absolute atomic E-state index is 6.35. The van der Waals surface area contributed by atoms with Gasteiger partial charge in [0.25, 0.3) is 0 Å². The number of pyridine rings is 1. The highest BCUT2D eigenvalue weighted by molar-refractivity contribution is 6.36. The van der Waals surface area contributed by atoms with E-state index in [1.165, 1.54) is 0 Å². The summed E-state index contributed by atoms with van der Waals surface area (Å²) in [6.45, 7) is 0. The van der Waals surface area contributed by atoms with Gasteiger partial charge in [-0.05, 0) is 18.9 Å². The molecule has 0 aromatic carbocycles. The van der Waals surface area contributed by atoms with Gasteiger partial charge in [-0.1, -0.05) is 41.2 Å². The molecule has 0 unspecified atom stereocenters. The maximum atomic E-state index is 6.35. The van der Waals surface area contributed by atoms with E-state index < -0.39 is 5.54 Å². The first-order valence-electron chi connectivity index (χ1n) is 7.48. The molecule has 120 valence electrons. The highest BCUT2D eigenvalue weighted by atomic mass is 35.5. The first-order valence-corrected chi connectivity index (χ1v) is 8.24. The molecule has 6 nitrogen and oxygen atoms in total. The van der Waals surface area contributed by atoms with Crippen LogP contribution < -0.4 is 5.73 Å². The molecule has 3 aromatic rings. The van der Waals surface area contributed by atoms with Gasteiger partial charge in [0, 0.05) is 12.4 Å². The number of hydrogen-bond donors (Lipinski definition) is 1. The normalized spacial score (nSPS) is 17.2. The van der Waals surface area contributed by atoms with Crippen molar-refractivity contribution in [3.63, 3.8) is 0 Å². The third-order valence-electron chi connectivity index (χ3n) is 4.26. The minimum Gasteiger partial charge on any atom is -0.339 e. The summed E-state index contributed by atoms with van der Waals surface area (Å²) in [6, 6.07) is 1.66. The van der Waals surface area contributed by atoms with Gasteiger partial charge < -0.3 is 14.7 Å². The van der Waals surface area contributed by atoms with Crippen LogP contribution in [0.1, 0.15) is 43.1 Å². The van der Waals surface area contributed by atoms with Crippen LogP contribution in [0.5, 0.6) is 0 Å². The summed E-state index contributed by atoms with van der Waals surface area (Å²) in [7, 11) is 0. The fourth-order valence-corrected chi connectivity index (χ4v) is 3.60. The number of aromatic nitrogens is 4. The molecule has 0 radical (unpaired) electrons. The summed E-state index contributed by atoms with van der Waals surface area (Å²) >= 11 is 12.1. The van der Waals surface area contributed by atoms with Gasteiger partial charge in [-0.15, -0.1) is 0 Å². The fourth-order valence-electron chi connectivity index (χ4n) is 3.07. The summed E-state index contributed by atoms with van der Waals surface area (Å²) < 4.78 is 7.14. The third kappa shape index (κ3) is 2.71. The molecule has 0 amide bonds. The van der Waals surface area contributed by atoms with Crippen molar-refractivity contribution in [2.75, 3.05) is 0 Å². The van der Waals surface area contributed by atoms with Crippen LogP contribution in [0.4, 0.5) is 0 Å². The van der Waals surface area contributed by atoms with Gasteiger partial charge in [0.15, 0.2) is 11.5 Å². The van der Waals surface area contributed by atoms with Crippen LogP contribution in [0.2, 0.25) is 10.0 Å². The lowest BCUT2D eigenvalue weighted by Gasteiger charge is -2.17. The first kappa shape index (κ1) is 14.9. The second kappa shape index (κ2) is 5.47. The lowest BCUT2D eigenvalue weighted by molar-refractivity contribution is 0.352. The molecule has 1 aliphatic rings. The van der Waals surface area contributed by atoms with Crippen LogP contribution in [0.25, 0.3) is 5.65 Å². The Bertz CT molecular complexity index is 866. The Hall–Kier alpha value is -1.63. The van der Waals surface area contributed by atoms with Gasteiger partial charge in [0.1, 0.15) is 0 Å². The van der Waals surface area contributed by atoms with Crippen LogP contribution in [0.15, 0.2) is 23.0 Å². The van der Waals surface area contributed by atoms with E-state index in [4.69, 9.17) is 33.5 Å². The number of imidazole rings is 1. The van der Waals surface area contributed by atoms with Crippen molar-refractivity contribution in [2.24, 2.45) is 5.73 Å². The van der Waals surface area contributed by atoms with Crippen LogP contribution in [-0.2, 0) is 12.0 Å². The van der Waals surface area contributed by atoms with Gasteiger partial charge in [0.2, 0.25) is 5.89 Å². The number of nitrogens with two attached hydrogens (primary N) is 1. The minimum atomic E-state index is -0.447. The number of hydrogen-bond acceptors (Lipinski definition) is 5. The van der Waals surface area contributed by atoms with E-state index in [2.05, 4.69) is 15.1 Å². The summed E-state index contributed by atoms with van der Waals surface area (Å²) in [4.78, 5) is 8.94. The fraction of sp³-hybridized carbons (Fsp3) is 0.400. The van der Waals surface area contributed by atoms with Gasteiger partial charge in [0.05, 0.1) is 27.7 Å². The van der Waals surface area contributed by atoms with E-state index in [-0.39, 0.29) is 0 Å². The third-order valence-corrected chi connectivity index (χ3v) is 4.75. The van der Waals surface area contributed by atoms with E-state index in [0.717, 1.165) is 31.4 Å². The second-order valence-corrected chi connectivity index (χ2v) is 6.86. The maximum Gasteiger partial charge on any atom is 0.232 e. The van der Waals surface area contributed by atoms with E-state index in [1.54, 1.807) is 16.7 Å². The quantitative estimate of drug-likeness (QED) is 0.782. The van der Waals surface area contributed by atoms with E-state index in [9.17, 15) is 0 Å². The van der Waals surface area contributed by atoms with E-state index in [1.807, 2.05) is 6.20 Å². The van der Waals surface area contributed by atoms with Crippen molar-refractivity contribution >= 4 is 28.8 Å². The van der Waals surface area contributed by atoms with Gasteiger partial charge in [-0.25, -0.2) is 4.98 Å². The largest absolute Gasteiger partial charge is 0.339 e. The molecular weight excluding hydrogens is 337 g/mol. The van der Waals surface area contributed by atoms with Gasteiger partial charge in [-0.3, -0.25) is 0 Å². The van der Waals surface area contributed by atoms with Crippen LogP contribution in [0.3, 0.4) is 0 Å². The van der Waals surface area contributed by atoms with Crippen molar-refractivity contribution in [1.29, 1.82) is 0 Å². The van der Waals surface area contributed by atoms with E-state index in [0.29, 0.717) is 33.8 Å². The Morgan fingerprint density at radius 3 is 2.78 bits per heavy atom. The standard InChI is InChI=1S/C15H15Cl2N5O/c16-9-5-11(17)13-19-10(8-22(13)7-9)6-12-20-14(21-23-12)15(18)3-1-2-4-15/h5,7-8H,1-4,6,18H2. The second-order valence-electron chi connectivity index (χ2n) is 6.02. The molecule has 1 aliphatic carbocycles. The van der Waals surface area contributed by atoms with Crippen LogP contribution >= 0.6 is 23.2 Å². The number of rotatable bonds is 3. The Morgan fingerprint density at radius 2 is 2.00 bits per heavy atom. The topological polar surface area (TPSA) is 82.2 Å². The molecular formula is C15H15Cl2N5O. The molecule has 23 heavy (non-hydrogen) atoms. The summed E-state index contributed by atoms with van der Waals surface area (Å²) in [5.41, 5.74) is 7.33. The zero-order valence-corrected chi connectivity index (χ0v) is 13.8. The van der Waals surface area contributed by atoms with Crippen molar-refractivity contribution in [3.05, 3.63) is 45.9 Å². The lowest BCUT2D eigenvalue weighted by Crippen LogP contribution is -2.34. The van der Waals surface area contributed by atoms with Crippen LogP contribution in [0, 0.1) is 0 Å². The van der Waals surface area contributed by atoms with Gasteiger partial charge in [-0.2, -0.15) is 4.98 Å². The molecule has 0 aliphatic heterocycles. The summed E-state index contributed by atoms with van der Waals surface area (Å²) in [5, 5.41) is 5.11. The Morgan fingerprint density at radius 1 is 1.22 bits per heavy atom. The van der Waals surface area contributed by atoms with Crippen molar-refractivity contribution in [3.8, 4) is 0 Å². The zero-order valence-electron chi connectivity index (χ0n) is 12.3. The number of fused-ring (bicyclic) bond motifs is 1. The molecule has 4 rings (SSSR count). The summed E-state index contributed by atoms with van der Waals surface area (Å²) in [6.07, 6.45) is 8.04. The predicted molar refractivity (Wildman–Crippen MR) is 86.6 cm³/mol. The number of nitrogens with zero attached hydrogens (tertiary/aromatic N) is 4. The highest BCUT2D eigenvalue weighted by Gasteiger charge is 2.35. The molecule has 1 fully saturated rings. The minimum absolute atomic E-state index is 0.429. The Balaban J connectivity index is 1.61. The number of halogens is 2. The smallest absolute Gasteiger partial charge is 0.232 e. The van der Waals surface area contributed by atoms with Crippen molar-refractivity contribution in [1.82, 2.24) is 19.5 Å². The molecule has 0 spiro atoms. The zero-order chi connectivity index (χ0) is 16.0. The van der Waals surface area contributed by atoms with Crippen molar-refractivity contribution < 1.29 is 4.52 Å². The highest BCUT2D eigenvalue weighted by Crippen LogP contribution is 2.34. The lowest BCUT2D eigenvalue weighted by atomic mass is 9.99. The van der Waals surface area contributed by atoms with Gasteiger partial charge >= 0.3 is 0 Å². The molecule has 0 saturated heterocycles. The SMILES string of the molecule is NC1(c2noc(Cc3cn4cc(Cl)cc(Cl)c4n3)n2)CCCC1. The van der Waals surface area contributed by atoms with Crippen molar-refractivity contribution in [2.45, 2.75) is 37.6 Å². The van der Waals surface area contributed by atoms with Crippen LogP contribution in [-0.4, -0.2) is 19.5 Å². The molecule has 3 aromatic heterocycles. The Kier molecular flexibility index (Phi) is 3.55. The average Bonchev–Trinajstić information content (AvgIpc) is 3.19. The molecule has 1 saturated carbocycles. The van der Waals surface area contributed by atoms with E-state index >= 15 is 0 Å².